The zero-order chi connectivity index (χ0) is 8.39. The average Bonchev–Trinajstić information content (AvgIpc) is 2.47. The summed E-state index contributed by atoms with van der Waals surface area (Å²) < 4.78 is 13.4. The standard InChI is InChI=1S/C7H7FN4/c8-5-9-7-10-6-3-1-2-4-12(6)11-7/h1-4H,5H2,(H,9,11). The Balaban J connectivity index is 2.47. The van der Waals surface area contributed by atoms with Crippen LogP contribution in [0.1, 0.15) is 0 Å². The van der Waals surface area contributed by atoms with Gasteiger partial charge in [0, 0.05) is 6.20 Å². The number of hydrogen-bond donors (Lipinski definition) is 1. The molecule has 0 amide bonds. The van der Waals surface area contributed by atoms with Crippen LogP contribution in [0.25, 0.3) is 5.65 Å². The molecule has 0 unspecified atom stereocenters. The molecule has 4 nitrogen and oxygen atoms in total. The zero-order valence-electron chi connectivity index (χ0n) is 6.24. The van der Waals surface area contributed by atoms with Crippen LogP contribution >= 0.6 is 0 Å². The van der Waals surface area contributed by atoms with Gasteiger partial charge in [-0.1, -0.05) is 6.07 Å². The summed E-state index contributed by atoms with van der Waals surface area (Å²) in [6.07, 6.45) is 1.76. The summed E-state index contributed by atoms with van der Waals surface area (Å²) in [6.45, 7) is -0.656. The van der Waals surface area contributed by atoms with E-state index in [9.17, 15) is 4.39 Å². The molecule has 2 aromatic rings. The van der Waals surface area contributed by atoms with Crippen LogP contribution in [0.2, 0.25) is 0 Å². The molecule has 0 fully saturated rings. The van der Waals surface area contributed by atoms with Crippen molar-refractivity contribution in [2.75, 3.05) is 12.1 Å². The lowest BCUT2D eigenvalue weighted by Gasteiger charge is -1.88. The topological polar surface area (TPSA) is 42.2 Å². The number of anilines is 1. The molecule has 0 aliphatic carbocycles. The van der Waals surface area contributed by atoms with E-state index in [-0.39, 0.29) is 0 Å². The molecule has 5 heteroatoms. The summed E-state index contributed by atoms with van der Waals surface area (Å²) in [7, 11) is 0. The van der Waals surface area contributed by atoms with Crippen LogP contribution in [0, 0.1) is 0 Å². The van der Waals surface area contributed by atoms with Crippen molar-refractivity contribution in [2.24, 2.45) is 0 Å². The van der Waals surface area contributed by atoms with Crippen molar-refractivity contribution in [3.63, 3.8) is 0 Å². The zero-order valence-corrected chi connectivity index (χ0v) is 6.24. The van der Waals surface area contributed by atoms with Gasteiger partial charge in [0.1, 0.15) is 0 Å². The third-order valence-corrected chi connectivity index (χ3v) is 1.47. The molecule has 0 spiro atoms. The number of nitrogens with zero attached hydrogens (tertiary/aromatic N) is 3. The highest BCUT2D eigenvalue weighted by Crippen LogP contribution is 2.03. The highest BCUT2D eigenvalue weighted by Gasteiger charge is 1.99. The third-order valence-electron chi connectivity index (χ3n) is 1.47. The van der Waals surface area contributed by atoms with Crippen LogP contribution in [0.4, 0.5) is 10.3 Å². The van der Waals surface area contributed by atoms with Crippen molar-refractivity contribution in [1.29, 1.82) is 0 Å². The molecular weight excluding hydrogens is 159 g/mol. The Labute approximate surface area is 68.0 Å². The Hall–Kier alpha value is -1.65. The lowest BCUT2D eigenvalue weighted by molar-refractivity contribution is 0.533. The number of halogens is 1. The number of pyridine rings is 1. The molecule has 0 bridgehead atoms. The first kappa shape index (κ1) is 7.02. The Morgan fingerprint density at radius 2 is 2.42 bits per heavy atom. The van der Waals surface area contributed by atoms with Crippen LogP contribution in [0.5, 0.6) is 0 Å². The minimum absolute atomic E-state index is 0.309. The number of fused-ring (bicyclic) bond motifs is 1. The number of rotatable bonds is 2. The summed E-state index contributed by atoms with van der Waals surface area (Å²) in [4.78, 5) is 4.00. The molecule has 2 aromatic heterocycles. The van der Waals surface area contributed by atoms with Crippen LogP contribution < -0.4 is 5.32 Å². The lowest BCUT2D eigenvalue weighted by Crippen LogP contribution is -1.97. The van der Waals surface area contributed by atoms with E-state index in [4.69, 9.17) is 0 Å². The van der Waals surface area contributed by atoms with Gasteiger partial charge in [0.25, 0.3) is 0 Å². The molecule has 2 rings (SSSR count). The minimum Gasteiger partial charge on any atom is -0.326 e. The maximum absolute atomic E-state index is 11.8. The van der Waals surface area contributed by atoms with Gasteiger partial charge < -0.3 is 5.32 Å². The number of nitrogens with one attached hydrogen (secondary N) is 1. The lowest BCUT2D eigenvalue weighted by atomic mass is 10.5. The van der Waals surface area contributed by atoms with Crippen molar-refractivity contribution in [3.05, 3.63) is 24.4 Å². The van der Waals surface area contributed by atoms with Gasteiger partial charge in [-0.2, -0.15) is 4.98 Å². The number of aromatic nitrogens is 3. The van der Waals surface area contributed by atoms with Crippen molar-refractivity contribution in [2.45, 2.75) is 0 Å². The van der Waals surface area contributed by atoms with Gasteiger partial charge in [0.15, 0.2) is 12.4 Å². The van der Waals surface area contributed by atoms with E-state index >= 15 is 0 Å². The fourth-order valence-electron chi connectivity index (χ4n) is 0.966. The smallest absolute Gasteiger partial charge is 0.245 e. The Morgan fingerprint density at radius 1 is 1.50 bits per heavy atom. The largest absolute Gasteiger partial charge is 0.326 e. The van der Waals surface area contributed by atoms with E-state index in [1.54, 1.807) is 16.8 Å². The van der Waals surface area contributed by atoms with Crippen molar-refractivity contribution < 1.29 is 4.39 Å². The van der Waals surface area contributed by atoms with Gasteiger partial charge in [-0.25, -0.2) is 8.91 Å². The number of alkyl halides is 1. The van der Waals surface area contributed by atoms with E-state index < -0.39 is 6.80 Å². The monoisotopic (exact) mass is 166 g/mol. The van der Waals surface area contributed by atoms with Gasteiger partial charge in [-0.15, -0.1) is 5.10 Å². The second-order valence-electron chi connectivity index (χ2n) is 2.25. The molecular formula is C7H7FN4. The molecule has 0 radical (unpaired) electrons. The molecule has 2 heterocycles. The predicted octanol–water partition coefficient (Wildman–Crippen LogP) is 1.07. The molecule has 1 N–H and O–H groups in total. The van der Waals surface area contributed by atoms with E-state index in [1.165, 1.54) is 0 Å². The Morgan fingerprint density at radius 3 is 3.17 bits per heavy atom. The van der Waals surface area contributed by atoms with Gasteiger partial charge in [-0.3, -0.25) is 0 Å². The van der Waals surface area contributed by atoms with Crippen LogP contribution in [0.15, 0.2) is 24.4 Å². The fraction of sp³-hybridized carbons (Fsp3) is 0.143. The molecule has 0 aliphatic rings. The van der Waals surface area contributed by atoms with Gasteiger partial charge in [-0.05, 0) is 12.1 Å². The van der Waals surface area contributed by atoms with E-state index in [0.29, 0.717) is 11.6 Å². The van der Waals surface area contributed by atoms with Gasteiger partial charge in [0.2, 0.25) is 5.95 Å². The molecule has 0 aromatic carbocycles. The molecule has 0 aliphatic heterocycles. The normalized spacial score (nSPS) is 10.4. The van der Waals surface area contributed by atoms with E-state index in [0.717, 1.165) is 0 Å². The van der Waals surface area contributed by atoms with Crippen molar-refractivity contribution >= 4 is 11.6 Å². The summed E-state index contributed by atoms with van der Waals surface area (Å²) in [6, 6.07) is 5.49. The van der Waals surface area contributed by atoms with Crippen LogP contribution in [-0.2, 0) is 0 Å². The first-order valence-electron chi connectivity index (χ1n) is 3.51. The molecule has 62 valence electrons. The van der Waals surface area contributed by atoms with Crippen molar-refractivity contribution in [1.82, 2.24) is 14.6 Å². The quantitative estimate of drug-likeness (QED) is 0.678. The summed E-state index contributed by atoms with van der Waals surface area (Å²) in [5, 5.41) is 6.34. The van der Waals surface area contributed by atoms with Gasteiger partial charge >= 0.3 is 0 Å². The van der Waals surface area contributed by atoms with Gasteiger partial charge in [0.05, 0.1) is 0 Å². The first-order valence-corrected chi connectivity index (χ1v) is 3.51. The minimum atomic E-state index is -0.656. The maximum Gasteiger partial charge on any atom is 0.245 e. The highest BCUT2D eigenvalue weighted by atomic mass is 19.1. The van der Waals surface area contributed by atoms with Crippen LogP contribution in [-0.4, -0.2) is 21.4 Å². The molecule has 0 saturated heterocycles. The highest BCUT2D eigenvalue weighted by molar-refractivity contribution is 5.42. The van der Waals surface area contributed by atoms with E-state index in [1.807, 2.05) is 12.1 Å². The Kier molecular flexibility index (Phi) is 1.62. The molecule has 0 atom stereocenters. The fourth-order valence-corrected chi connectivity index (χ4v) is 0.966. The van der Waals surface area contributed by atoms with Crippen LogP contribution in [0.3, 0.4) is 0 Å². The summed E-state index contributed by atoms with van der Waals surface area (Å²) in [5.74, 6) is 0.309. The second kappa shape index (κ2) is 2.77. The summed E-state index contributed by atoms with van der Waals surface area (Å²) in [5.41, 5.74) is 0.702. The predicted molar refractivity (Wildman–Crippen MR) is 42.6 cm³/mol. The molecule has 0 saturated carbocycles. The SMILES string of the molecule is FCNc1nc2ccccn2n1. The number of hydrogen-bond acceptors (Lipinski definition) is 3. The summed E-state index contributed by atoms with van der Waals surface area (Å²) >= 11 is 0. The molecule has 12 heavy (non-hydrogen) atoms. The Bertz CT molecular complexity index is 351. The van der Waals surface area contributed by atoms with Crippen molar-refractivity contribution in [3.8, 4) is 0 Å². The maximum atomic E-state index is 11.8. The average molecular weight is 166 g/mol. The van der Waals surface area contributed by atoms with E-state index in [2.05, 4.69) is 15.4 Å². The third kappa shape index (κ3) is 1.09. The second-order valence-corrected chi connectivity index (χ2v) is 2.25. The first-order chi connectivity index (χ1) is 5.90.